The molecule has 0 saturated heterocycles. The molecule has 0 spiro atoms. The number of halogens is 4. The Hall–Kier alpha value is -1.14. The molecule has 0 heterocycles. The minimum absolute atomic E-state index is 0.232. The SMILES string of the molecule is CC(C=O)C(=O)NCC(F)(F)C(F)F. The zero-order valence-corrected chi connectivity index (χ0v) is 7.27. The van der Waals surface area contributed by atoms with Gasteiger partial charge >= 0.3 is 12.3 Å². The Kier molecular flexibility index (Phi) is 4.52. The lowest BCUT2D eigenvalue weighted by molar-refractivity contribution is -0.139. The van der Waals surface area contributed by atoms with Crippen molar-refractivity contribution in [3.63, 3.8) is 0 Å². The average Bonchev–Trinajstić information content (AvgIpc) is 2.12. The van der Waals surface area contributed by atoms with Crippen LogP contribution in [0.4, 0.5) is 17.6 Å². The standard InChI is InChI=1S/C7H9F4NO2/c1-4(2-13)5(14)12-3-7(10,11)6(8)9/h2,4,6H,3H2,1H3,(H,12,14). The first-order valence-corrected chi connectivity index (χ1v) is 3.70. The van der Waals surface area contributed by atoms with Gasteiger partial charge in [-0.2, -0.15) is 8.78 Å². The zero-order chi connectivity index (χ0) is 11.4. The van der Waals surface area contributed by atoms with Gasteiger partial charge in [0.05, 0.1) is 12.5 Å². The zero-order valence-electron chi connectivity index (χ0n) is 7.27. The summed E-state index contributed by atoms with van der Waals surface area (Å²) in [7, 11) is 0. The molecule has 1 amide bonds. The van der Waals surface area contributed by atoms with Gasteiger partial charge in [0.2, 0.25) is 5.91 Å². The van der Waals surface area contributed by atoms with Gasteiger partial charge in [-0.25, -0.2) is 8.78 Å². The molecule has 3 nitrogen and oxygen atoms in total. The van der Waals surface area contributed by atoms with Crippen LogP contribution in [0.5, 0.6) is 0 Å². The van der Waals surface area contributed by atoms with E-state index in [4.69, 9.17) is 0 Å². The maximum atomic E-state index is 12.2. The van der Waals surface area contributed by atoms with E-state index in [1.165, 1.54) is 6.92 Å². The van der Waals surface area contributed by atoms with Gasteiger partial charge in [-0.15, -0.1) is 0 Å². The van der Waals surface area contributed by atoms with E-state index in [1.54, 1.807) is 5.32 Å². The monoisotopic (exact) mass is 215 g/mol. The summed E-state index contributed by atoms with van der Waals surface area (Å²) in [5.41, 5.74) is 0. The second-order valence-electron chi connectivity index (χ2n) is 2.70. The van der Waals surface area contributed by atoms with Crippen molar-refractivity contribution in [2.75, 3.05) is 6.54 Å². The van der Waals surface area contributed by atoms with E-state index in [0.29, 0.717) is 0 Å². The van der Waals surface area contributed by atoms with Crippen LogP contribution in [0.25, 0.3) is 0 Å². The lowest BCUT2D eigenvalue weighted by Crippen LogP contribution is -2.43. The smallest absolute Gasteiger partial charge is 0.324 e. The Labute approximate surface area is 77.5 Å². The van der Waals surface area contributed by atoms with E-state index in [9.17, 15) is 27.2 Å². The van der Waals surface area contributed by atoms with E-state index in [-0.39, 0.29) is 6.29 Å². The molecule has 0 aliphatic rings. The van der Waals surface area contributed by atoms with Crippen molar-refractivity contribution in [3.05, 3.63) is 0 Å². The van der Waals surface area contributed by atoms with Gasteiger partial charge in [-0.3, -0.25) is 4.79 Å². The molecule has 0 fully saturated rings. The maximum absolute atomic E-state index is 12.2. The lowest BCUT2D eigenvalue weighted by Gasteiger charge is -2.16. The molecule has 82 valence electrons. The molecule has 0 aromatic heterocycles. The number of nitrogens with one attached hydrogen (secondary N) is 1. The van der Waals surface area contributed by atoms with E-state index in [0.717, 1.165) is 0 Å². The largest absolute Gasteiger partial charge is 0.349 e. The predicted molar refractivity (Wildman–Crippen MR) is 39.2 cm³/mol. The average molecular weight is 215 g/mol. The highest BCUT2D eigenvalue weighted by Gasteiger charge is 2.40. The molecule has 0 aromatic rings. The summed E-state index contributed by atoms with van der Waals surface area (Å²) in [4.78, 5) is 20.7. The fourth-order valence-electron chi connectivity index (χ4n) is 0.505. The summed E-state index contributed by atoms with van der Waals surface area (Å²) < 4.78 is 47.6. The first-order valence-electron chi connectivity index (χ1n) is 3.70. The van der Waals surface area contributed by atoms with Crippen LogP contribution in [0.1, 0.15) is 6.92 Å². The summed E-state index contributed by atoms with van der Waals surface area (Å²) in [6.45, 7) is -0.301. The molecule has 0 saturated carbocycles. The first kappa shape index (κ1) is 12.9. The molecular weight excluding hydrogens is 206 g/mol. The highest BCUT2D eigenvalue weighted by atomic mass is 19.3. The van der Waals surface area contributed by atoms with Crippen LogP contribution in [0, 0.1) is 5.92 Å². The summed E-state index contributed by atoms with van der Waals surface area (Å²) in [5.74, 6) is -6.39. The number of alkyl halides is 4. The van der Waals surface area contributed by atoms with Crippen molar-refractivity contribution in [2.24, 2.45) is 5.92 Å². The van der Waals surface area contributed by atoms with Gasteiger partial charge < -0.3 is 10.1 Å². The van der Waals surface area contributed by atoms with Crippen molar-refractivity contribution in [1.82, 2.24) is 5.32 Å². The van der Waals surface area contributed by atoms with E-state index in [1.807, 2.05) is 0 Å². The molecule has 0 aliphatic heterocycles. The molecule has 1 N–H and O–H groups in total. The summed E-state index contributed by atoms with van der Waals surface area (Å²) in [6.07, 6.45) is -3.61. The molecule has 1 unspecified atom stereocenters. The Bertz CT molecular complexity index is 220. The third-order valence-corrected chi connectivity index (χ3v) is 1.44. The molecule has 14 heavy (non-hydrogen) atoms. The number of carbonyl (C=O) groups excluding carboxylic acids is 2. The minimum Gasteiger partial charge on any atom is -0.349 e. The normalized spacial score (nSPS) is 13.9. The fraction of sp³-hybridized carbons (Fsp3) is 0.714. The number of hydrogen-bond acceptors (Lipinski definition) is 2. The van der Waals surface area contributed by atoms with Crippen LogP contribution < -0.4 is 5.32 Å². The van der Waals surface area contributed by atoms with Crippen LogP contribution in [0.3, 0.4) is 0 Å². The van der Waals surface area contributed by atoms with Crippen molar-refractivity contribution >= 4 is 12.2 Å². The minimum atomic E-state index is -4.27. The van der Waals surface area contributed by atoms with Crippen LogP contribution in [-0.4, -0.2) is 31.1 Å². The van der Waals surface area contributed by atoms with Crippen molar-refractivity contribution < 1.29 is 27.2 Å². The molecule has 7 heteroatoms. The van der Waals surface area contributed by atoms with Crippen molar-refractivity contribution in [3.8, 4) is 0 Å². The number of rotatable bonds is 5. The third-order valence-electron chi connectivity index (χ3n) is 1.44. The molecule has 0 bridgehead atoms. The molecule has 0 radical (unpaired) electrons. The van der Waals surface area contributed by atoms with E-state index in [2.05, 4.69) is 0 Å². The second-order valence-corrected chi connectivity index (χ2v) is 2.70. The van der Waals surface area contributed by atoms with Gasteiger partial charge in [-0.05, 0) is 6.92 Å². The second kappa shape index (κ2) is 4.92. The Morgan fingerprint density at radius 2 is 2.00 bits per heavy atom. The van der Waals surface area contributed by atoms with Gasteiger partial charge in [0.25, 0.3) is 0 Å². The Morgan fingerprint density at radius 3 is 2.36 bits per heavy atom. The fourth-order valence-corrected chi connectivity index (χ4v) is 0.505. The van der Waals surface area contributed by atoms with Gasteiger partial charge in [0.1, 0.15) is 6.29 Å². The van der Waals surface area contributed by atoms with Crippen molar-refractivity contribution in [1.29, 1.82) is 0 Å². The highest BCUT2D eigenvalue weighted by molar-refractivity contribution is 5.91. The van der Waals surface area contributed by atoms with Crippen LogP contribution >= 0.6 is 0 Å². The Balaban J connectivity index is 4.06. The maximum Gasteiger partial charge on any atom is 0.324 e. The third kappa shape index (κ3) is 3.71. The van der Waals surface area contributed by atoms with E-state index < -0.39 is 30.7 Å². The van der Waals surface area contributed by atoms with Crippen LogP contribution in [-0.2, 0) is 9.59 Å². The quantitative estimate of drug-likeness (QED) is 0.419. The number of carbonyl (C=O) groups is 2. The summed E-state index contributed by atoms with van der Waals surface area (Å²) >= 11 is 0. The highest BCUT2D eigenvalue weighted by Crippen LogP contribution is 2.21. The number of amides is 1. The first-order chi connectivity index (χ1) is 6.31. The van der Waals surface area contributed by atoms with E-state index >= 15 is 0 Å². The van der Waals surface area contributed by atoms with Gasteiger partial charge in [0, 0.05) is 0 Å². The van der Waals surface area contributed by atoms with Crippen molar-refractivity contribution in [2.45, 2.75) is 19.3 Å². The molecule has 1 atom stereocenters. The summed E-state index contributed by atoms with van der Waals surface area (Å²) in [5, 5.41) is 1.55. The van der Waals surface area contributed by atoms with Crippen LogP contribution in [0.2, 0.25) is 0 Å². The van der Waals surface area contributed by atoms with Crippen LogP contribution in [0.15, 0.2) is 0 Å². The summed E-state index contributed by atoms with van der Waals surface area (Å²) in [6, 6.07) is 0. The number of hydrogen-bond donors (Lipinski definition) is 1. The lowest BCUT2D eigenvalue weighted by atomic mass is 10.2. The molecule has 0 rings (SSSR count). The van der Waals surface area contributed by atoms with Gasteiger partial charge in [-0.1, -0.05) is 0 Å². The Morgan fingerprint density at radius 1 is 1.50 bits per heavy atom. The predicted octanol–water partition coefficient (Wildman–Crippen LogP) is 0.838. The molecule has 0 aliphatic carbocycles. The molecule has 0 aromatic carbocycles. The van der Waals surface area contributed by atoms with Gasteiger partial charge in [0.15, 0.2) is 0 Å². The number of aldehydes is 1. The topological polar surface area (TPSA) is 46.2 Å². The molecular formula is C7H9F4NO2.